The van der Waals surface area contributed by atoms with Crippen LogP contribution in [0.5, 0.6) is 5.75 Å². The molecule has 2 aromatic rings. The Morgan fingerprint density at radius 2 is 1.83 bits per heavy atom. The first-order chi connectivity index (χ1) is 11.0. The molecular weight excluding hydrogens is 317 g/mol. The van der Waals surface area contributed by atoms with E-state index in [2.05, 4.69) is 6.58 Å². The van der Waals surface area contributed by atoms with Gasteiger partial charge in [0.15, 0.2) is 0 Å². The second kappa shape index (κ2) is 7.39. The molecule has 0 aliphatic carbocycles. The van der Waals surface area contributed by atoms with E-state index in [4.69, 9.17) is 4.74 Å². The Balaban J connectivity index is 2.34. The summed E-state index contributed by atoms with van der Waals surface area (Å²) in [4.78, 5) is 0.122. The van der Waals surface area contributed by atoms with Crippen molar-refractivity contribution in [2.45, 2.75) is 11.4 Å². The zero-order chi connectivity index (χ0) is 16.9. The van der Waals surface area contributed by atoms with Crippen LogP contribution in [0.2, 0.25) is 0 Å². The highest BCUT2D eigenvalue weighted by Crippen LogP contribution is 2.22. The molecule has 0 unspecified atom stereocenters. The maximum atomic E-state index is 13.8. The van der Waals surface area contributed by atoms with Gasteiger partial charge in [0.25, 0.3) is 0 Å². The van der Waals surface area contributed by atoms with E-state index in [1.165, 1.54) is 35.7 Å². The highest BCUT2D eigenvalue weighted by molar-refractivity contribution is 7.89. The molecule has 0 aliphatic heterocycles. The molecule has 0 saturated carbocycles. The van der Waals surface area contributed by atoms with Crippen molar-refractivity contribution in [3.63, 3.8) is 0 Å². The first-order valence-electron chi connectivity index (χ1n) is 6.97. The maximum Gasteiger partial charge on any atom is 0.243 e. The van der Waals surface area contributed by atoms with Crippen LogP contribution in [0.4, 0.5) is 4.39 Å². The highest BCUT2D eigenvalue weighted by Gasteiger charge is 2.24. The monoisotopic (exact) mass is 335 g/mol. The number of benzene rings is 2. The van der Waals surface area contributed by atoms with Crippen molar-refractivity contribution in [2.24, 2.45) is 0 Å². The van der Waals surface area contributed by atoms with Crippen molar-refractivity contribution in [3.8, 4) is 5.75 Å². The molecule has 2 aromatic carbocycles. The van der Waals surface area contributed by atoms with Gasteiger partial charge >= 0.3 is 0 Å². The van der Waals surface area contributed by atoms with E-state index >= 15 is 0 Å². The number of halogens is 1. The number of nitrogens with zero attached hydrogens (tertiary/aromatic N) is 1. The molecule has 0 aromatic heterocycles. The van der Waals surface area contributed by atoms with Gasteiger partial charge in [-0.05, 0) is 30.3 Å². The minimum Gasteiger partial charge on any atom is -0.497 e. The van der Waals surface area contributed by atoms with Crippen LogP contribution in [0.25, 0.3) is 0 Å². The van der Waals surface area contributed by atoms with Gasteiger partial charge < -0.3 is 4.74 Å². The predicted molar refractivity (Wildman–Crippen MR) is 87.2 cm³/mol. The smallest absolute Gasteiger partial charge is 0.243 e. The summed E-state index contributed by atoms with van der Waals surface area (Å²) in [7, 11) is -2.26. The van der Waals surface area contributed by atoms with Gasteiger partial charge in [-0.3, -0.25) is 0 Å². The third kappa shape index (κ3) is 3.97. The van der Waals surface area contributed by atoms with E-state index in [-0.39, 0.29) is 18.0 Å². The lowest BCUT2D eigenvalue weighted by molar-refractivity contribution is 0.413. The summed E-state index contributed by atoms with van der Waals surface area (Å²) in [6.45, 7) is 3.60. The maximum absolute atomic E-state index is 13.8. The first kappa shape index (κ1) is 17.2. The summed E-state index contributed by atoms with van der Waals surface area (Å²) < 4.78 is 45.5. The number of rotatable bonds is 7. The van der Waals surface area contributed by atoms with Crippen molar-refractivity contribution >= 4 is 10.0 Å². The highest BCUT2D eigenvalue weighted by atomic mass is 32.2. The first-order valence-corrected chi connectivity index (χ1v) is 8.41. The van der Waals surface area contributed by atoms with E-state index in [9.17, 15) is 12.8 Å². The van der Waals surface area contributed by atoms with Crippen LogP contribution < -0.4 is 4.74 Å². The van der Waals surface area contributed by atoms with Crippen LogP contribution in [0.1, 0.15) is 5.56 Å². The summed E-state index contributed by atoms with van der Waals surface area (Å²) in [5.74, 6) is 0.125. The van der Waals surface area contributed by atoms with Crippen molar-refractivity contribution < 1.29 is 17.5 Å². The summed E-state index contributed by atoms with van der Waals surface area (Å²) in [6, 6.07) is 12.2. The standard InChI is InChI=1S/C17H18FNO3S/c1-3-12-19(13-14-6-4-5-7-17(14)18)23(20,21)16-10-8-15(22-2)9-11-16/h3-11H,1,12-13H2,2H3. The Kier molecular flexibility index (Phi) is 5.52. The van der Waals surface area contributed by atoms with Gasteiger partial charge in [0.05, 0.1) is 12.0 Å². The third-order valence-electron chi connectivity index (χ3n) is 3.33. The predicted octanol–water partition coefficient (Wildman–Crippen LogP) is 3.21. The number of hydrogen-bond donors (Lipinski definition) is 0. The molecule has 4 nitrogen and oxygen atoms in total. The van der Waals surface area contributed by atoms with Gasteiger partial charge in [0, 0.05) is 18.7 Å². The fourth-order valence-electron chi connectivity index (χ4n) is 2.11. The second-order valence-electron chi connectivity index (χ2n) is 4.85. The Bertz CT molecular complexity index is 773. The zero-order valence-corrected chi connectivity index (χ0v) is 13.6. The average molecular weight is 335 g/mol. The minimum absolute atomic E-state index is 0.0624. The number of ether oxygens (including phenoxy) is 1. The molecule has 122 valence electrons. The van der Waals surface area contributed by atoms with E-state index in [1.54, 1.807) is 30.3 Å². The van der Waals surface area contributed by atoms with E-state index < -0.39 is 15.8 Å². The molecule has 0 radical (unpaired) electrons. The van der Waals surface area contributed by atoms with Gasteiger partial charge in [0.1, 0.15) is 11.6 Å². The van der Waals surface area contributed by atoms with Crippen LogP contribution in [0, 0.1) is 5.82 Å². The van der Waals surface area contributed by atoms with Gasteiger partial charge in [-0.2, -0.15) is 4.31 Å². The Morgan fingerprint density at radius 1 is 1.17 bits per heavy atom. The topological polar surface area (TPSA) is 46.6 Å². The molecule has 0 heterocycles. The Labute approximate surface area is 135 Å². The fourth-order valence-corrected chi connectivity index (χ4v) is 3.49. The number of hydrogen-bond acceptors (Lipinski definition) is 3. The van der Waals surface area contributed by atoms with Crippen molar-refractivity contribution in [1.29, 1.82) is 0 Å². The van der Waals surface area contributed by atoms with Gasteiger partial charge in [-0.25, -0.2) is 12.8 Å². The van der Waals surface area contributed by atoms with Crippen LogP contribution >= 0.6 is 0 Å². The van der Waals surface area contributed by atoms with Crippen molar-refractivity contribution in [1.82, 2.24) is 4.31 Å². The summed E-state index contributed by atoms with van der Waals surface area (Å²) >= 11 is 0. The molecule has 6 heteroatoms. The quantitative estimate of drug-likeness (QED) is 0.730. The largest absolute Gasteiger partial charge is 0.497 e. The zero-order valence-electron chi connectivity index (χ0n) is 12.8. The lowest BCUT2D eigenvalue weighted by Crippen LogP contribution is -2.31. The summed E-state index contributed by atoms with van der Waals surface area (Å²) in [5.41, 5.74) is 0.312. The van der Waals surface area contributed by atoms with Crippen LogP contribution in [-0.2, 0) is 16.6 Å². The minimum atomic E-state index is -3.76. The molecule has 0 bridgehead atoms. The Morgan fingerprint density at radius 3 is 2.39 bits per heavy atom. The van der Waals surface area contributed by atoms with E-state index in [1.807, 2.05) is 0 Å². The molecule has 0 aliphatic rings. The van der Waals surface area contributed by atoms with Crippen molar-refractivity contribution in [2.75, 3.05) is 13.7 Å². The lowest BCUT2D eigenvalue weighted by Gasteiger charge is -2.21. The molecule has 0 fully saturated rings. The van der Waals surface area contributed by atoms with Crippen LogP contribution in [0.15, 0.2) is 66.1 Å². The summed E-state index contributed by atoms with van der Waals surface area (Å²) in [5, 5.41) is 0. The molecule has 2 rings (SSSR count). The number of sulfonamides is 1. The normalized spacial score (nSPS) is 11.4. The molecular formula is C17H18FNO3S. The molecule has 0 N–H and O–H groups in total. The van der Waals surface area contributed by atoms with Gasteiger partial charge in [-0.1, -0.05) is 24.3 Å². The van der Waals surface area contributed by atoms with Crippen LogP contribution in [0.3, 0.4) is 0 Å². The second-order valence-corrected chi connectivity index (χ2v) is 6.79. The van der Waals surface area contributed by atoms with E-state index in [0.717, 1.165) is 0 Å². The average Bonchev–Trinajstić information content (AvgIpc) is 2.56. The van der Waals surface area contributed by atoms with Gasteiger partial charge in [-0.15, -0.1) is 6.58 Å². The lowest BCUT2D eigenvalue weighted by atomic mass is 10.2. The van der Waals surface area contributed by atoms with Crippen molar-refractivity contribution in [3.05, 3.63) is 72.6 Å². The molecule has 0 atom stereocenters. The molecule has 23 heavy (non-hydrogen) atoms. The molecule has 0 spiro atoms. The van der Waals surface area contributed by atoms with Gasteiger partial charge in [0.2, 0.25) is 10.0 Å². The summed E-state index contributed by atoms with van der Waals surface area (Å²) in [6.07, 6.45) is 1.47. The van der Waals surface area contributed by atoms with Crippen LogP contribution in [-0.4, -0.2) is 26.4 Å². The Hall–Kier alpha value is -2.18. The SMILES string of the molecule is C=CCN(Cc1ccccc1F)S(=O)(=O)c1ccc(OC)cc1. The molecule has 0 saturated heterocycles. The molecule has 0 amide bonds. The third-order valence-corrected chi connectivity index (χ3v) is 5.16. The number of methoxy groups -OCH3 is 1. The fraction of sp³-hybridized carbons (Fsp3) is 0.176. The van der Waals surface area contributed by atoms with E-state index in [0.29, 0.717) is 11.3 Å².